The Bertz CT molecular complexity index is 1090. The summed E-state index contributed by atoms with van der Waals surface area (Å²) in [6.07, 6.45) is 1.01. The molecule has 0 aliphatic carbocycles. The molecule has 0 aliphatic rings. The van der Waals surface area contributed by atoms with Gasteiger partial charge in [-0.05, 0) is 54.3 Å². The van der Waals surface area contributed by atoms with E-state index in [1.54, 1.807) is 16.9 Å². The first kappa shape index (κ1) is 17.9. The fourth-order valence-electron chi connectivity index (χ4n) is 3.02. The summed E-state index contributed by atoms with van der Waals surface area (Å²) in [5.41, 5.74) is 3.88. The zero-order valence-electron chi connectivity index (χ0n) is 15.9. The topological polar surface area (TPSA) is 57.0 Å². The van der Waals surface area contributed by atoms with Crippen LogP contribution in [0.1, 0.15) is 42.1 Å². The van der Waals surface area contributed by atoms with Gasteiger partial charge in [0.05, 0.1) is 5.56 Å². The zero-order chi connectivity index (χ0) is 19.5. The van der Waals surface area contributed by atoms with Gasteiger partial charge >= 0.3 is 5.97 Å². The summed E-state index contributed by atoms with van der Waals surface area (Å²) < 4.78 is 5.71. The van der Waals surface area contributed by atoms with E-state index in [0.717, 1.165) is 23.0 Å². The van der Waals surface area contributed by atoms with Crippen molar-refractivity contribution in [2.75, 3.05) is 0 Å². The van der Waals surface area contributed by atoms with Gasteiger partial charge in [-0.25, -0.2) is 4.79 Å². The lowest BCUT2D eigenvalue weighted by molar-refractivity contribution is 0.0734. The molecular weight excluding hydrogens is 350 g/mol. The van der Waals surface area contributed by atoms with Crippen molar-refractivity contribution in [3.8, 4) is 11.4 Å². The second-order valence-electron chi connectivity index (χ2n) is 6.77. The van der Waals surface area contributed by atoms with Crippen molar-refractivity contribution in [1.82, 2.24) is 15.0 Å². The van der Waals surface area contributed by atoms with Crippen molar-refractivity contribution in [3.63, 3.8) is 0 Å². The standard InChI is InChI=1S/C23H21N3O2/c1-3-16(2)18-13-14-22(28-23(27)17-9-5-4-6-10-17)21(15-18)26-24-19-11-7-8-12-20(19)25-26/h4-16H,3H2,1-2H3. The number of hydrogen-bond acceptors (Lipinski definition) is 4. The molecule has 1 atom stereocenters. The van der Waals surface area contributed by atoms with Crippen LogP contribution in [0.15, 0.2) is 72.8 Å². The Morgan fingerprint density at radius 3 is 2.25 bits per heavy atom. The van der Waals surface area contributed by atoms with Crippen LogP contribution in [-0.4, -0.2) is 21.0 Å². The Kier molecular flexibility index (Phi) is 4.89. The predicted molar refractivity (Wildman–Crippen MR) is 109 cm³/mol. The molecule has 0 aliphatic heterocycles. The first-order valence-corrected chi connectivity index (χ1v) is 9.39. The molecule has 0 saturated carbocycles. The van der Waals surface area contributed by atoms with Gasteiger partial charge < -0.3 is 4.74 Å². The van der Waals surface area contributed by atoms with Gasteiger partial charge in [0.15, 0.2) is 5.75 Å². The van der Waals surface area contributed by atoms with Crippen molar-refractivity contribution >= 4 is 17.0 Å². The van der Waals surface area contributed by atoms with Gasteiger partial charge in [0, 0.05) is 0 Å². The number of nitrogens with zero attached hydrogens (tertiary/aromatic N) is 3. The molecule has 1 unspecified atom stereocenters. The first-order chi connectivity index (χ1) is 13.7. The quantitative estimate of drug-likeness (QED) is 0.359. The van der Waals surface area contributed by atoms with Crippen LogP contribution in [0.3, 0.4) is 0 Å². The first-order valence-electron chi connectivity index (χ1n) is 9.39. The van der Waals surface area contributed by atoms with E-state index in [1.165, 1.54) is 0 Å². The molecule has 4 rings (SSSR count). The van der Waals surface area contributed by atoms with E-state index in [-0.39, 0.29) is 0 Å². The molecule has 3 aromatic carbocycles. The van der Waals surface area contributed by atoms with Crippen LogP contribution in [-0.2, 0) is 0 Å². The minimum absolute atomic E-state index is 0.377. The molecule has 28 heavy (non-hydrogen) atoms. The minimum atomic E-state index is -0.408. The number of hydrogen-bond donors (Lipinski definition) is 0. The van der Waals surface area contributed by atoms with Crippen molar-refractivity contribution in [2.45, 2.75) is 26.2 Å². The van der Waals surface area contributed by atoms with Crippen LogP contribution < -0.4 is 4.74 Å². The Morgan fingerprint density at radius 1 is 0.964 bits per heavy atom. The number of fused-ring (bicyclic) bond motifs is 1. The predicted octanol–water partition coefficient (Wildman–Crippen LogP) is 5.15. The lowest BCUT2D eigenvalue weighted by Gasteiger charge is -2.14. The molecule has 0 bridgehead atoms. The smallest absolute Gasteiger partial charge is 0.343 e. The largest absolute Gasteiger partial charge is 0.421 e. The van der Waals surface area contributed by atoms with E-state index in [0.29, 0.717) is 22.9 Å². The van der Waals surface area contributed by atoms with Crippen LogP contribution in [0.25, 0.3) is 16.7 Å². The summed E-state index contributed by atoms with van der Waals surface area (Å²) in [5, 5.41) is 9.13. The number of benzene rings is 3. The Balaban J connectivity index is 1.78. The lowest BCUT2D eigenvalue weighted by atomic mass is 9.98. The number of aromatic nitrogens is 3. The molecule has 0 fully saturated rings. The fraction of sp³-hybridized carbons (Fsp3) is 0.174. The van der Waals surface area contributed by atoms with E-state index in [9.17, 15) is 4.79 Å². The van der Waals surface area contributed by atoms with Gasteiger partial charge in [-0.15, -0.1) is 15.0 Å². The molecule has 0 spiro atoms. The number of carbonyl (C=O) groups excluding carboxylic acids is 1. The van der Waals surface area contributed by atoms with Gasteiger partial charge in [0.2, 0.25) is 0 Å². The summed E-state index contributed by atoms with van der Waals surface area (Å²) in [6.45, 7) is 4.32. The maximum Gasteiger partial charge on any atom is 0.343 e. The summed E-state index contributed by atoms with van der Waals surface area (Å²) in [4.78, 5) is 14.1. The van der Waals surface area contributed by atoms with Crippen molar-refractivity contribution in [3.05, 3.63) is 83.9 Å². The van der Waals surface area contributed by atoms with Crippen molar-refractivity contribution in [2.24, 2.45) is 0 Å². The molecule has 4 aromatic rings. The maximum atomic E-state index is 12.6. The highest BCUT2D eigenvalue weighted by Gasteiger charge is 2.17. The van der Waals surface area contributed by atoms with Crippen LogP contribution >= 0.6 is 0 Å². The van der Waals surface area contributed by atoms with Crippen LogP contribution in [0.5, 0.6) is 5.75 Å². The summed E-state index contributed by atoms with van der Waals surface area (Å²) in [6, 6.07) is 22.4. The molecule has 1 aromatic heterocycles. The second-order valence-corrected chi connectivity index (χ2v) is 6.77. The van der Waals surface area contributed by atoms with E-state index in [1.807, 2.05) is 60.7 Å². The van der Waals surface area contributed by atoms with Crippen molar-refractivity contribution < 1.29 is 9.53 Å². The highest BCUT2D eigenvalue weighted by Crippen LogP contribution is 2.29. The normalized spacial score (nSPS) is 12.1. The molecule has 0 saturated heterocycles. The van der Waals surface area contributed by atoms with E-state index >= 15 is 0 Å². The average molecular weight is 371 g/mol. The van der Waals surface area contributed by atoms with Gasteiger partial charge in [0.25, 0.3) is 0 Å². The number of esters is 1. The molecule has 1 heterocycles. The molecule has 5 heteroatoms. The van der Waals surface area contributed by atoms with Gasteiger partial charge in [-0.1, -0.05) is 50.2 Å². The average Bonchev–Trinajstić information content (AvgIpc) is 3.18. The monoisotopic (exact) mass is 371 g/mol. The molecule has 0 radical (unpaired) electrons. The lowest BCUT2D eigenvalue weighted by Crippen LogP contribution is -2.12. The van der Waals surface area contributed by atoms with Crippen LogP contribution in [0.2, 0.25) is 0 Å². The SMILES string of the molecule is CCC(C)c1ccc(OC(=O)c2ccccc2)c(-n2nc3ccccc3n2)c1. The third-order valence-corrected chi connectivity index (χ3v) is 4.88. The third kappa shape index (κ3) is 3.51. The van der Waals surface area contributed by atoms with Gasteiger partial charge in [-0.2, -0.15) is 0 Å². The maximum absolute atomic E-state index is 12.6. The highest BCUT2D eigenvalue weighted by molar-refractivity contribution is 5.91. The highest BCUT2D eigenvalue weighted by atomic mass is 16.5. The third-order valence-electron chi connectivity index (χ3n) is 4.88. The molecule has 140 valence electrons. The Morgan fingerprint density at radius 2 is 1.61 bits per heavy atom. The Hall–Kier alpha value is -3.47. The van der Waals surface area contributed by atoms with Crippen LogP contribution in [0.4, 0.5) is 0 Å². The number of ether oxygens (including phenoxy) is 1. The molecule has 0 amide bonds. The Labute approximate surface area is 163 Å². The zero-order valence-corrected chi connectivity index (χ0v) is 15.9. The van der Waals surface area contributed by atoms with E-state index < -0.39 is 5.97 Å². The van der Waals surface area contributed by atoms with Gasteiger partial charge in [0.1, 0.15) is 16.7 Å². The summed E-state index contributed by atoms with van der Waals surface area (Å²) in [5.74, 6) is 0.402. The summed E-state index contributed by atoms with van der Waals surface area (Å²) >= 11 is 0. The van der Waals surface area contributed by atoms with Crippen molar-refractivity contribution in [1.29, 1.82) is 0 Å². The number of carbonyl (C=O) groups is 1. The molecular formula is C23H21N3O2. The second kappa shape index (κ2) is 7.64. The van der Waals surface area contributed by atoms with Crippen LogP contribution in [0, 0.1) is 0 Å². The fourth-order valence-corrected chi connectivity index (χ4v) is 3.02. The van der Waals surface area contributed by atoms with E-state index in [4.69, 9.17) is 4.74 Å². The van der Waals surface area contributed by atoms with Gasteiger partial charge in [-0.3, -0.25) is 0 Å². The minimum Gasteiger partial charge on any atom is -0.421 e. The molecule has 0 N–H and O–H groups in total. The summed E-state index contributed by atoms with van der Waals surface area (Å²) in [7, 11) is 0. The number of rotatable bonds is 5. The van der Waals surface area contributed by atoms with E-state index in [2.05, 4.69) is 24.0 Å². The molecule has 5 nitrogen and oxygen atoms in total.